The molecular weight excluding hydrogens is 474 g/mol. The number of hydrogen-bond acceptors (Lipinski definition) is 6. The van der Waals surface area contributed by atoms with Gasteiger partial charge in [0.15, 0.2) is 5.16 Å². The minimum Gasteiger partial charge on any atom is -0.494 e. The highest BCUT2D eigenvalue weighted by Gasteiger charge is 2.17. The van der Waals surface area contributed by atoms with Gasteiger partial charge in [-0.1, -0.05) is 54.6 Å². The molecule has 0 saturated carbocycles. The van der Waals surface area contributed by atoms with E-state index in [0.717, 1.165) is 44.4 Å². The normalized spacial score (nSPS) is 11.4. The summed E-state index contributed by atoms with van der Waals surface area (Å²) in [6, 6.07) is 18.3. The van der Waals surface area contributed by atoms with E-state index in [9.17, 15) is 4.79 Å². The van der Waals surface area contributed by atoms with E-state index in [1.54, 1.807) is 22.5 Å². The number of fused-ring (bicyclic) bond motifs is 3. The van der Waals surface area contributed by atoms with Crippen molar-refractivity contribution in [3.8, 4) is 5.75 Å². The average molecular weight is 502 g/mol. The van der Waals surface area contributed by atoms with Crippen LogP contribution in [0.1, 0.15) is 35.6 Å². The van der Waals surface area contributed by atoms with Crippen LogP contribution in [0.2, 0.25) is 0 Å². The van der Waals surface area contributed by atoms with Crippen molar-refractivity contribution < 1.29 is 4.74 Å². The molecule has 5 rings (SSSR count). The zero-order valence-electron chi connectivity index (χ0n) is 20.1. The van der Waals surface area contributed by atoms with E-state index in [2.05, 4.69) is 44.0 Å². The quantitative estimate of drug-likeness (QED) is 0.174. The van der Waals surface area contributed by atoms with Gasteiger partial charge in [0, 0.05) is 17.3 Å². The molecule has 35 heavy (non-hydrogen) atoms. The fraction of sp³-hybridized carbons (Fsp3) is 0.250. The summed E-state index contributed by atoms with van der Waals surface area (Å²) in [4.78, 5) is 24.1. The number of hydrogen-bond donors (Lipinski definition) is 0. The molecule has 178 valence electrons. The highest BCUT2D eigenvalue weighted by Crippen LogP contribution is 2.32. The Hall–Kier alpha value is -3.16. The zero-order chi connectivity index (χ0) is 24.4. The van der Waals surface area contributed by atoms with Gasteiger partial charge in [-0.3, -0.25) is 9.36 Å². The van der Waals surface area contributed by atoms with E-state index in [-0.39, 0.29) is 5.56 Å². The van der Waals surface area contributed by atoms with E-state index in [1.165, 1.54) is 28.0 Å². The van der Waals surface area contributed by atoms with Crippen LogP contribution in [0.3, 0.4) is 0 Å². The van der Waals surface area contributed by atoms with E-state index >= 15 is 0 Å². The second-order valence-electron chi connectivity index (χ2n) is 8.63. The third-order valence-electron chi connectivity index (χ3n) is 5.92. The van der Waals surface area contributed by atoms with Crippen molar-refractivity contribution in [2.24, 2.45) is 0 Å². The molecule has 5 nitrogen and oxygen atoms in total. The van der Waals surface area contributed by atoms with Gasteiger partial charge in [0.2, 0.25) is 0 Å². The maximum Gasteiger partial charge on any atom is 0.272 e. The highest BCUT2D eigenvalue weighted by molar-refractivity contribution is 7.98. The van der Waals surface area contributed by atoms with Crippen molar-refractivity contribution in [2.45, 2.75) is 44.6 Å². The largest absolute Gasteiger partial charge is 0.494 e. The monoisotopic (exact) mass is 501 g/mol. The van der Waals surface area contributed by atoms with Crippen LogP contribution >= 0.6 is 23.1 Å². The predicted octanol–water partition coefficient (Wildman–Crippen LogP) is 6.75. The molecule has 0 aliphatic carbocycles. The molecule has 2 aromatic carbocycles. The second-order valence-corrected chi connectivity index (χ2v) is 10.6. The second kappa shape index (κ2) is 10.2. The van der Waals surface area contributed by atoms with Gasteiger partial charge in [0.25, 0.3) is 5.56 Å². The van der Waals surface area contributed by atoms with Crippen LogP contribution in [-0.4, -0.2) is 21.1 Å². The number of pyridine rings is 1. The summed E-state index contributed by atoms with van der Waals surface area (Å²) in [7, 11) is 0. The number of thiophene rings is 1. The summed E-state index contributed by atoms with van der Waals surface area (Å²) in [5.74, 6) is 1.59. The topological polar surface area (TPSA) is 57.0 Å². The minimum absolute atomic E-state index is 0.0206. The number of nitrogens with zero attached hydrogens (tertiary/aromatic N) is 3. The number of aromatic nitrogens is 3. The molecule has 5 aromatic rings. The van der Waals surface area contributed by atoms with Gasteiger partial charge in [-0.05, 0) is 61.2 Å². The van der Waals surface area contributed by atoms with Gasteiger partial charge >= 0.3 is 0 Å². The first kappa shape index (κ1) is 23.6. The lowest BCUT2D eigenvalue weighted by Crippen LogP contribution is -2.23. The van der Waals surface area contributed by atoms with Gasteiger partial charge < -0.3 is 4.74 Å². The maximum atomic E-state index is 13.7. The molecule has 0 fully saturated rings. The fourth-order valence-corrected chi connectivity index (χ4v) is 6.07. The first-order valence-corrected chi connectivity index (χ1v) is 13.5. The molecule has 0 unspecified atom stereocenters. The van der Waals surface area contributed by atoms with Crippen LogP contribution in [0, 0.1) is 13.8 Å². The van der Waals surface area contributed by atoms with Gasteiger partial charge in [0.1, 0.15) is 15.3 Å². The SMILES string of the molecule is CCCOc1ccc(Cn2c(SCc3cc(C)ccc3C)nc3c(sc4ncccc43)c2=O)cc1. The summed E-state index contributed by atoms with van der Waals surface area (Å²) in [6.45, 7) is 7.46. The van der Waals surface area contributed by atoms with Gasteiger partial charge in [-0.2, -0.15) is 0 Å². The summed E-state index contributed by atoms with van der Waals surface area (Å²) in [5, 5.41) is 1.65. The maximum absolute atomic E-state index is 13.7. The van der Waals surface area contributed by atoms with Gasteiger partial charge in [-0.25, -0.2) is 9.97 Å². The number of aryl methyl sites for hydroxylation is 2. The van der Waals surface area contributed by atoms with E-state index in [4.69, 9.17) is 9.72 Å². The van der Waals surface area contributed by atoms with Crippen LogP contribution in [0.15, 0.2) is 70.7 Å². The molecule has 0 aliphatic rings. The lowest BCUT2D eigenvalue weighted by Gasteiger charge is -2.14. The summed E-state index contributed by atoms with van der Waals surface area (Å²) < 4.78 is 8.17. The molecule has 7 heteroatoms. The lowest BCUT2D eigenvalue weighted by atomic mass is 10.1. The van der Waals surface area contributed by atoms with Crippen molar-refractivity contribution in [1.82, 2.24) is 14.5 Å². The van der Waals surface area contributed by atoms with E-state index in [0.29, 0.717) is 17.9 Å². The molecule has 0 N–H and O–H groups in total. The number of thioether (sulfide) groups is 1. The van der Waals surface area contributed by atoms with Crippen molar-refractivity contribution in [2.75, 3.05) is 6.61 Å². The highest BCUT2D eigenvalue weighted by atomic mass is 32.2. The number of benzene rings is 2. The summed E-state index contributed by atoms with van der Waals surface area (Å²) in [6.07, 6.45) is 2.72. The zero-order valence-corrected chi connectivity index (χ0v) is 21.7. The van der Waals surface area contributed by atoms with Crippen LogP contribution in [0.4, 0.5) is 0 Å². The first-order chi connectivity index (χ1) is 17.0. The molecule has 3 aromatic heterocycles. The van der Waals surface area contributed by atoms with E-state index in [1.807, 2.05) is 36.4 Å². The molecule has 0 saturated heterocycles. The predicted molar refractivity (Wildman–Crippen MR) is 146 cm³/mol. The lowest BCUT2D eigenvalue weighted by molar-refractivity contribution is 0.317. The Kier molecular flexibility index (Phi) is 6.88. The molecule has 0 aliphatic heterocycles. The van der Waals surface area contributed by atoms with Crippen LogP contribution in [0.5, 0.6) is 5.75 Å². The molecular formula is C28H27N3O2S2. The Bertz CT molecular complexity index is 1560. The molecule has 0 spiro atoms. The molecule has 0 amide bonds. The van der Waals surface area contributed by atoms with Crippen molar-refractivity contribution in [3.63, 3.8) is 0 Å². The minimum atomic E-state index is -0.0206. The Morgan fingerprint density at radius 3 is 2.71 bits per heavy atom. The van der Waals surface area contributed by atoms with Crippen LogP contribution < -0.4 is 10.3 Å². The molecule has 0 atom stereocenters. The Labute approximate surface area is 212 Å². The van der Waals surface area contributed by atoms with E-state index < -0.39 is 0 Å². The van der Waals surface area contributed by atoms with Crippen LogP contribution in [0.25, 0.3) is 20.4 Å². The number of ether oxygens (including phenoxy) is 1. The fourth-order valence-electron chi connectivity index (χ4n) is 3.98. The van der Waals surface area contributed by atoms with Crippen LogP contribution in [-0.2, 0) is 12.3 Å². The summed E-state index contributed by atoms with van der Waals surface area (Å²) >= 11 is 3.02. The van der Waals surface area contributed by atoms with Gasteiger partial charge in [-0.15, -0.1) is 11.3 Å². The van der Waals surface area contributed by atoms with Crippen molar-refractivity contribution in [1.29, 1.82) is 0 Å². The smallest absolute Gasteiger partial charge is 0.272 e. The summed E-state index contributed by atoms with van der Waals surface area (Å²) in [5.41, 5.74) is 5.48. The average Bonchev–Trinajstić information content (AvgIpc) is 3.25. The standard InChI is InChI=1S/C28H27N3O2S2/c1-4-14-33-22-11-9-20(10-12-22)16-31-27(32)25-24(23-6-5-13-29-26(23)35-25)30-28(31)34-17-21-15-18(2)7-8-19(21)3/h5-13,15H,4,14,16-17H2,1-3H3. The first-order valence-electron chi connectivity index (χ1n) is 11.7. The Balaban J connectivity index is 1.56. The Morgan fingerprint density at radius 2 is 1.91 bits per heavy atom. The van der Waals surface area contributed by atoms with Crippen molar-refractivity contribution >= 4 is 43.5 Å². The molecule has 3 heterocycles. The number of rotatable bonds is 8. The molecule has 0 bridgehead atoms. The Morgan fingerprint density at radius 1 is 1.09 bits per heavy atom. The van der Waals surface area contributed by atoms with Gasteiger partial charge in [0.05, 0.1) is 18.7 Å². The molecule has 0 radical (unpaired) electrons. The third-order valence-corrected chi connectivity index (χ3v) is 8.03. The third kappa shape index (κ3) is 4.97. The van der Waals surface area contributed by atoms with Crippen molar-refractivity contribution in [3.05, 3.63) is 93.4 Å².